The zero-order valence-corrected chi connectivity index (χ0v) is 9.08. The van der Waals surface area contributed by atoms with Gasteiger partial charge >= 0.3 is 5.97 Å². The normalized spacial score (nSPS) is 28.6. The predicted molar refractivity (Wildman–Crippen MR) is 53.9 cm³/mol. The highest BCUT2D eigenvalue weighted by Crippen LogP contribution is 2.21. The summed E-state index contributed by atoms with van der Waals surface area (Å²) in [6, 6.07) is 0. The van der Waals surface area contributed by atoms with E-state index in [9.17, 15) is 4.79 Å². The molecule has 2 atom stereocenters. The molecule has 1 aliphatic rings. The topological polar surface area (TPSA) is 35.5 Å². The average Bonchev–Trinajstić information content (AvgIpc) is 2.16. The largest absolute Gasteiger partial charge is 0.466 e. The van der Waals surface area contributed by atoms with Gasteiger partial charge in [-0.25, -0.2) is 4.79 Å². The van der Waals surface area contributed by atoms with Crippen molar-refractivity contribution in [2.45, 2.75) is 32.8 Å². The van der Waals surface area contributed by atoms with Crippen LogP contribution < -0.4 is 0 Å². The second-order valence-corrected chi connectivity index (χ2v) is 3.88. The molecule has 0 amide bonds. The highest BCUT2D eigenvalue weighted by molar-refractivity contribution is 5.87. The Morgan fingerprint density at radius 2 is 2.29 bits per heavy atom. The average molecular weight is 198 g/mol. The molecule has 1 heterocycles. The molecule has 1 fully saturated rings. The molecule has 0 unspecified atom stereocenters. The van der Waals surface area contributed by atoms with Crippen LogP contribution in [0.15, 0.2) is 11.6 Å². The zero-order valence-electron chi connectivity index (χ0n) is 9.08. The Kier molecular flexibility index (Phi) is 4.14. The third-order valence-corrected chi connectivity index (χ3v) is 2.52. The number of methoxy groups -OCH3 is 1. The molecule has 0 radical (unpaired) electrons. The fraction of sp³-hybridized carbons (Fsp3) is 0.727. The first-order valence-corrected chi connectivity index (χ1v) is 5.01. The molecule has 0 saturated carbocycles. The van der Waals surface area contributed by atoms with Crippen LogP contribution in [0.4, 0.5) is 0 Å². The maximum atomic E-state index is 11.1. The summed E-state index contributed by atoms with van der Waals surface area (Å²) in [7, 11) is 1.39. The summed E-state index contributed by atoms with van der Waals surface area (Å²) in [6.07, 6.45) is 4.05. The van der Waals surface area contributed by atoms with Gasteiger partial charge in [-0.2, -0.15) is 0 Å². The molecule has 0 aliphatic carbocycles. The lowest BCUT2D eigenvalue weighted by atomic mass is 9.96. The summed E-state index contributed by atoms with van der Waals surface area (Å²) in [5.41, 5.74) is 0.631. The van der Waals surface area contributed by atoms with Gasteiger partial charge in [0.25, 0.3) is 0 Å². The van der Waals surface area contributed by atoms with Crippen molar-refractivity contribution in [3.63, 3.8) is 0 Å². The molecule has 0 aromatic heterocycles. The summed E-state index contributed by atoms with van der Waals surface area (Å²) in [5.74, 6) is 0.405. The van der Waals surface area contributed by atoms with E-state index in [-0.39, 0.29) is 12.1 Å². The van der Waals surface area contributed by atoms with Gasteiger partial charge in [-0.3, -0.25) is 0 Å². The molecular weight excluding hydrogens is 180 g/mol. The number of hydrogen-bond acceptors (Lipinski definition) is 3. The molecule has 0 bridgehead atoms. The van der Waals surface area contributed by atoms with Crippen molar-refractivity contribution < 1.29 is 14.3 Å². The van der Waals surface area contributed by atoms with E-state index in [1.165, 1.54) is 7.11 Å². The van der Waals surface area contributed by atoms with Crippen LogP contribution >= 0.6 is 0 Å². The molecule has 3 heteroatoms. The minimum Gasteiger partial charge on any atom is -0.466 e. The Bertz CT molecular complexity index is 233. The first-order valence-electron chi connectivity index (χ1n) is 5.01. The number of rotatable bonds is 2. The molecule has 0 aromatic carbocycles. The van der Waals surface area contributed by atoms with Crippen LogP contribution in [-0.2, 0) is 14.3 Å². The van der Waals surface area contributed by atoms with E-state index in [0.717, 1.165) is 19.4 Å². The van der Waals surface area contributed by atoms with Gasteiger partial charge in [-0.05, 0) is 31.8 Å². The molecule has 3 nitrogen and oxygen atoms in total. The van der Waals surface area contributed by atoms with E-state index < -0.39 is 0 Å². The smallest absolute Gasteiger partial charge is 0.333 e. The van der Waals surface area contributed by atoms with Gasteiger partial charge in [-0.1, -0.05) is 6.92 Å². The van der Waals surface area contributed by atoms with E-state index in [0.29, 0.717) is 11.5 Å². The van der Waals surface area contributed by atoms with E-state index in [1.807, 2.05) is 6.08 Å². The van der Waals surface area contributed by atoms with Crippen molar-refractivity contribution in [3.8, 4) is 0 Å². The van der Waals surface area contributed by atoms with Crippen LogP contribution in [0.5, 0.6) is 0 Å². The minimum atomic E-state index is -0.271. The maximum Gasteiger partial charge on any atom is 0.333 e. The standard InChI is InChI=1S/C11H18O3/c1-8-4-5-14-10(6-8)7-9(2)11(12)13-3/h7-8,10H,4-6H2,1-3H3/b9-7+/t8-,10+/m0/s1. The van der Waals surface area contributed by atoms with E-state index in [1.54, 1.807) is 6.92 Å². The van der Waals surface area contributed by atoms with Crippen LogP contribution in [0.25, 0.3) is 0 Å². The first-order chi connectivity index (χ1) is 6.63. The predicted octanol–water partition coefficient (Wildman–Crippen LogP) is 1.92. The minimum absolute atomic E-state index is 0.0813. The maximum absolute atomic E-state index is 11.1. The van der Waals surface area contributed by atoms with Gasteiger partial charge in [0, 0.05) is 12.2 Å². The van der Waals surface area contributed by atoms with Crippen LogP contribution in [-0.4, -0.2) is 25.8 Å². The molecule has 1 rings (SSSR count). The lowest BCUT2D eigenvalue weighted by Gasteiger charge is -2.25. The highest BCUT2D eigenvalue weighted by atomic mass is 16.5. The van der Waals surface area contributed by atoms with E-state index >= 15 is 0 Å². The number of esters is 1. The Morgan fingerprint density at radius 3 is 2.86 bits per heavy atom. The van der Waals surface area contributed by atoms with Crippen molar-refractivity contribution in [2.24, 2.45) is 5.92 Å². The fourth-order valence-electron chi connectivity index (χ4n) is 1.63. The Hall–Kier alpha value is -0.830. The second kappa shape index (κ2) is 5.15. The van der Waals surface area contributed by atoms with Crippen LogP contribution in [0.2, 0.25) is 0 Å². The van der Waals surface area contributed by atoms with Crippen LogP contribution in [0.1, 0.15) is 26.7 Å². The van der Waals surface area contributed by atoms with Crippen molar-refractivity contribution in [3.05, 3.63) is 11.6 Å². The molecule has 0 spiro atoms. The molecule has 14 heavy (non-hydrogen) atoms. The zero-order chi connectivity index (χ0) is 10.6. The van der Waals surface area contributed by atoms with Gasteiger partial charge in [-0.15, -0.1) is 0 Å². The number of carbonyl (C=O) groups is 1. The van der Waals surface area contributed by atoms with Gasteiger partial charge in [0.15, 0.2) is 0 Å². The summed E-state index contributed by atoms with van der Waals surface area (Å²) >= 11 is 0. The SMILES string of the molecule is COC(=O)/C(C)=C/[C@H]1C[C@@H](C)CCO1. The fourth-order valence-corrected chi connectivity index (χ4v) is 1.63. The van der Waals surface area contributed by atoms with Crippen molar-refractivity contribution in [2.75, 3.05) is 13.7 Å². The van der Waals surface area contributed by atoms with Gasteiger partial charge in [0.2, 0.25) is 0 Å². The lowest BCUT2D eigenvalue weighted by molar-refractivity contribution is -0.136. The van der Waals surface area contributed by atoms with E-state index in [2.05, 4.69) is 11.7 Å². The monoisotopic (exact) mass is 198 g/mol. The summed E-state index contributed by atoms with van der Waals surface area (Å²) in [4.78, 5) is 11.1. The lowest BCUT2D eigenvalue weighted by Crippen LogP contribution is -2.23. The Morgan fingerprint density at radius 1 is 1.57 bits per heavy atom. The third kappa shape index (κ3) is 3.14. The number of carbonyl (C=O) groups excluding carboxylic acids is 1. The quantitative estimate of drug-likeness (QED) is 0.502. The molecule has 1 saturated heterocycles. The summed E-state index contributed by atoms with van der Waals surface area (Å²) < 4.78 is 10.1. The molecule has 0 N–H and O–H groups in total. The summed E-state index contributed by atoms with van der Waals surface area (Å²) in [5, 5.41) is 0. The molecule has 1 aliphatic heterocycles. The second-order valence-electron chi connectivity index (χ2n) is 3.88. The third-order valence-electron chi connectivity index (χ3n) is 2.52. The number of ether oxygens (including phenoxy) is 2. The Balaban J connectivity index is 2.52. The summed E-state index contributed by atoms with van der Waals surface area (Å²) in [6.45, 7) is 4.75. The van der Waals surface area contributed by atoms with Crippen LogP contribution in [0, 0.1) is 5.92 Å². The van der Waals surface area contributed by atoms with Gasteiger partial charge < -0.3 is 9.47 Å². The van der Waals surface area contributed by atoms with Crippen molar-refractivity contribution >= 4 is 5.97 Å². The van der Waals surface area contributed by atoms with Crippen molar-refractivity contribution in [1.29, 1.82) is 0 Å². The molecule has 0 aromatic rings. The molecule has 80 valence electrons. The van der Waals surface area contributed by atoms with Crippen molar-refractivity contribution in [1.82, 2.24) is 0 Å². The molecular formula is C11H18O3. The number of hydrogen-bond donors (Lipinski definition) is 0. The van der Waals surface area contributed by atoms with E-state index in [4.69, 9.17) is 4.74 Å². The Labute approximate surface area is 85.1 Å². The van der Waals surface area contributed by atoms with Gasteiger partial charge in [0.1, 0.15) is 0 Å². The highest BCUT2D eigenvalue weighted by Gasteiger charge is 2.18. The first kappa shape index (κ1) is 11.2. The van der Waals surface area contributed by atoms with Gasteiger partial charge in [0.05, 0.1) is 13.2 Å². The van der Waals surface area contributed by atoms with Crippen LogP contribution in [0.3, 0.4) is 0 Å².